The number of hydrogen-bond donors (Lipinski definition) is 0. The molecule has 12 aromatic rings. The Kier molecular flexibility index (Phi) is 7.12. The Morgan fingerprint density at radius 3 is 1.73 bits per heavy atom. The molecule has 13 rings (SSSR count). The van der Waals surface area contributed by atoms with Gasteiger partial charge < -0.3 is 4.57 Å². The van der Waals surface area contributed by atoms with Crippen molar-refractivity contribution in [3.63, 3.8) is 0 Å². The van der Waals surface area contributed by atoms with Gasteiger partial charge in [-0.05, 0) is 106 Å². The van der Waals surface area contributed by atoms with E-state index in [4.69, 9.17) is 9.97 Å². The van der Waals surface area contributed by atoms with Gasteiger partial charge in [-0.2, -0.15) is 0 Å². The van der Waals surface area contributed by atoms with Crippen molar-refractivity contribution in [3.8, 4) is 39.6 Å². The van der Waals surface area contributed by atoms with Crippen molar-refractivity contribution in [2.24, 2.45) is 0 Å². The average molecular weight is 796 g/mol. The minimum atomic E-state index is -0.201. The summed E-state index contributed by atoms with van der Waals surface area (Å²) in [6.45, 7) is 4.64. The van der Waals surface area contributed by atoms with Crippen LogP contribution < -0.4 is 5.56 Å². The van der Waals surface area contributed by atoms with Crippen molar-refractivity contribution in [3.05, 3.63) is 210 Å². The van der Waals surface area contributed by atoms with E-state index in [0.29, 0.717) is 16.9 Å². The minimum Gasteiger partial charge on any atom is -0.309 e. The Balaban J connectivity index is 1.08. The molecule has 8 aromatic carbocycles. The van der Waals surface area contributed by atoms with E-state index >= 15 is 0 Å². The molecular formula is C56H37N5O. The summed E-state index contributed by atoms with van der Waals surface area (Å²) in [6, 6.07) is 64.0. The van der Waals surface area contributed by atoms with E-state index in [-0.39, 0.29) is 11.0 Å². The van der Waals surface area contributed by atoms with Gasteiger partial charge in [0.25, 0.3) is 5.56 Å². The standard InChI is InChI=1S/C56H37N5O/c1-56(2)46-23-13-11-19-38(46)42-31-45-44-30-35(34-25-27-49-43(29-34)39-20-12-14-24-48(39)59(49)36-15-5-3-6-16-36)26-28-50(44)61(51(45)32-47(42)56)55-57-33-52-53(58-55)40-21-9-10-22-41(40)54(62)60(52)37-17-7-4-8-18-37/h3-33H,1-2H3. The van der Waals surface area contributed by atoms with Gasteiger partial charge in [0, 0.05) is 49.1 Å². The number of aromatic nitrogens is 5. The summed E-state index contributed by atoms with van der Waals surface area (Å²) in [5, 5.41) is 6.11. The quantitative estimate of drug-likeness (QED) is 0.167. The molecule has 0 atom stereocenters. The second kappa shape index (κ2) is 12.7. The van der Waals surface area contributed by atoms with Gasteiger partial charge in [0.15, 0.2) is 0 Å². The maximum atomic E-state index is 14.1. The van der Waals surface area contributed by atoms with E-state index in [1.807, 2.05) is 60.8 Å². The summed E-state index contributed by atoms with van der Waals surface area (Å²) < 4.78 is 6.31. The summed E-state index contributed by atoms with van der Waals surface area (Å²) >= 11 is 0. The van der Waals surface area contributed by atoms with Gasteiger partial charge in [0.2, 0.25) is 5.95 Å². The lowest BCUT2D eigenvalue weighted by molar-refractivity contribution is 0.661. The molecule has 0 fully saturated rings. The van der Waals surface area contributed by atoms with E-state index in [2.05, 4.69) is 150 Å². The molecule has 0 bridgehead atoms. The van der Waals surface area contributed by atoms with E-state index in [1.54, 1.807) is 4.57 Å². The molecule has 4 aromatic heterocycles. The highest BCUT2D eigenvalue weighted by Crippen LogP contribution is 2.51. The third-order valence-electron chi connectivity index (χ3n) is 13.3. The fraction of sp³-hybridized carbons (Fsp3) is 0.0536. The summed E-state index contributed by atoms with van der Waals surface area (Å²) in [6.07, 6.45) is 1.82. The van der Waals surface area contributed by atoms with E-state index in [9.17, 15) is 4.79 Å². The number of benzene rings is 8. The lowest BCUT2D eigenvalue weighted by atomic mass is 9.82. The van der Waals surface area contributed by atoms with Crippen LogP contribution in [0.1, 0.15) is 25.0 Å². The monoisotopic (exact) mass is 795 g/mol. The van der Waals surface area contributed by atoms with Crippen LogP contribution >= 0.6 is 0 Å². The summed E-state index contributed by atoms with van der Waals surface area (Å²) in [7, 11) is 0. The Morgan fingerprint density at radius 1 is 0.419 bits per heavy atom. The Hall–Kier alpha value is -8.09. The smallest absolute Gasteiger partial charge is 0.263 e. The van der Waals surface area contributed by atoms with Crippen molar-refractivity contribution in [2.45, 2.75) is 19.3 Å². The fourth-order valence-corrected chi connectivity index (χ4v) is 10.4. The molecule has 0 saturated carbocycles. The van der Waals surface area contributed by atoms with Crippen molar-refractivity contribution in [1.82, 2.24) is 23.7 Å². The zero-order valence-electron chi connectivity index (χ0n) is 34.0. The number of hydrogen-bond acceptors (Lipinski definition) is 3. The van der Waals surface area contributed by atoms with Crippen molar-refractivity contribution in [1.29, 1.82) is 0 Å². The molecular weight excluding hydrogens is 759 g/mol. The van der Waals surface area contributed by atoms with Crippen LogP contribution in [-0.2, 0) is 5.41 Å². The first-order valence-electron chi connectivity index (χ1n) is 21.1. The number of fused-ring (bicyclic) bond motifs is 12. The number of rotatable bonds is 4. The average Bonchev–Trinajstić information content (AvgIpc) is 3.91. The van der Waals surface area contributed by atoms with E-state index in [0.717, 1.165) is 55.2 Å². The van der Waals surface area contributed by atoms with Gasteiger partial charge >= 0.3 is 0 Å². The third kappa shape index (κ3) is 4.77. The van der Waals surface area contributed by atoms with Crippen LogP contribution in [0, 0.1) is 0 Å². The summed E-state index contributed by atoms with van der Waals surface area (Å²) in [5.74, 6) is 0.553. The second-order valence-corrected chi connectivity index (χ2v) is 17.0. The number of pyridine rings is 1. The zero-order valence-corrected chi connectivity index (χ0v) is 34.0. The fourth-order valence-electron chi connectivity index (χ4n) is 10.4. The molecule has 1 aliphatic rings. The predicted octanol–water partition coefficient (Wildman–Crippen LogP) is 13.1. The highest BCUT2D eigenvalue weighted by atomic mass is 16.1. The minimum absolute atomic E-state index is 0.0970. The van der Waals surface area contributed by atoms with E-state index < -0.39 is 0 Å². The largest absolute Gasteiger partial charge is 0.309 e. The Labute approximate surface area is 356 Å². The van der Waals surface area contributed by atoms with Crippen LogP contribution in [-0.4, -0.2) is 23.7 Å². The maximum absolute atomic E-state index is 14.1. The zero-order chi connectivity index (χ0) is 41.3. The highest BCUT2D eigenvalue weighted by Gasteiger charge is 2.36. The Bertz CT molecular complexity index is 3910. The molecule has 62 heavy (non-hydrogen) atoms. The van der Waals surface area contributed by atoms with Gasteiger partial charge in [-0.15, -0.1) is 0 Å². The maximum Gasteiger partial charge on any atom is 0.263 e. The van der Waals surface area contributed by atoms with Crippen molar-refractivity contribution in [2.75, 3.05) is 0 Å². The normalized spacial score (nSPS) is 13.2. The third-order valence-corrected chi connectivity index (χ3v) is 13.3. The first-order chi connectivity index (χ1) is 30.4. The summed E-state index contributed by atoms with van der Waals surface area (Å²) in [5.41, 5.74) is 14.8. The van der Waals surface area contributed by atoms with Gasteiger partial charge in [-0.25, -0.2) is 9.97 Å². The number of nitrogens with zero attached hydrogens (tertiary/aromatic N) is 5. The lowest BCUT2D eigenvalue weighted by Gasteiger charge is -2.21. The molecule has 4 heterocycles. The predicted molar refractivity (Wildman–Crippen MR) is 254 cm³/mol. The van der Waals surface area contributed by atoms with Gasteiger partial charge in [-0.1, -0.05) is 123 Å². The second-order valence-electron chi connectivity index (χ2n) is 17.0. The molecule has 6 nitrogen and oxygen atoms in total. The molecule has 0 spiro atoms. The molecule has 0 radical (unpaired) electrons. The van der Waals surface area contributed by atoms with Gasteiger partial charge in [0.05, 0.1) is 33.8 Å². The number of para-hydroxylation sites is 3. The molecule has 0 N–H and O–H groups in total. The molecule has 6 heteroatoms. The lowest BCUT2D eigenvalue weighted by Crippen LogP contribution is -2.20. The molecule has 292 valence electrons. The highest BCUT2D eigenvalue weighted by molar-refractivity contribution is 6.14. The van der Waals surface area contributed by atoms with Crippen LogP contribution in [0.5, 0.6) is 0 Å². The molecule has 0 aliphatic heterocycles. The van der Waals surface area contributed by atoms with E-state index in [1.165, 1.54) is 44.1 Å². The first-order valence-corrected chi connectivity index (χ1v) is 21.1. The van der Waals surface area contributed by atoms with Gasteiger partial charge in [0.1, 0.15) is 5.52 Å². The van der Waals surface area contributed by atoms with Crippen molar-refractivity contribution >= 4 is 65.4 Å². The van der Waals surface area contributed by atoms with Crippen molar-refractivity contribution < 1.29 is 0 Å². The Morgan fingerprint density at radius 2 is 0.984 bits per heavy atom. The summed E-state index contributed by atoms with van der Waals surface area (Å²) in [4.78, 5) is 24.6. The molecule has 0 saturated heterocycles. The molecule has 0 amide bonds. The van der Waals surface area contributed by atoms with Crippen LogP contribution in [0.2, 0.25) is 0 Å². The first kappa shape index (κ1) is 34.7. The van der Waals surface area contributed by atoms with Crippen LogP contribution in [0.3, 0.4) is 0 Å². The topological polar surface area (TPSA) is 57.6 Å². The SMILES string of the molecule is CC1(C)c2ccccc2-c2cc3c4cc(-c5ccc6c(c5)c5ccccc5n6-c5ccccc5)ccc4n(-c4ncc5c(n4)c4ccccc4c(=O)n5-c4ccccc4)c3cc21. The molecule has 0 unspecified atom stereocenters. The molecule has 1 aliphatic carbocycles. The van der Waals surface area contributed by atoms with Crippen LogP contribution in [0.4, 0.5) is 0 Å². The van der Waals surface area contributed by atoms with Crippen LogP contribution in [0.25, 0.3) is 105 Å². The van der Waals surface area contributed by atoms with Gasteiger partial charge in [-0.3, -0.25) is 13.9 Å². The van der Waals surface area contributed by atoms with Crippen LogP contribution in [0.15, 0.2) is 193 Å².